The van der Waals surface area contributed by atoms with E-state index in [1.807, 2.05) is 14.1 Å². The van der Waals surface area contributed by atoms with Crippen LogP contribution in [0.25, 0.3) is 0 Å². The molecule has 2 rings (SSSR count). The van der Waals surface area contributed by atoms with E-state index >= 15 is 0 Å². The number of aliphatic hydroxyl groups is 4. The molecule has 0 aliphatic heterocycles. The van der Waals surface area contributed by atoms with Crippen LogP contribution < -0.4 is 0 Å². The lowest BCUT2D eigenvalue weighted by atomic mass is 9.56. The summed E-state index contributed by atoms with van der Waals surface area (Å²) in [5.74, 6) is -0.448. The Labute approximate surface area is 121 Å². The average molecular weight is 287 g/mol. The molecule has 0 aromatic carbocycles. The van der Waals surface area contributed by atoms with Crippen LogP contribution in [-0.4, -0.2) is 69.4 Å². The number of aliphatic hydroxyl groups excluding tert-OH is 2. The molecule has 5 nitrogen and oxygen atoms in total. The molecule has 0 spiro atoms. The quantitative estimate of drug-likeness (QED) is 0.590. The van der Waals surface area contributed by atoms with Gasteiger partial charge in [0.05, 0.1) is 23.4 Å². The Hall–Kier alpha value is -0.200. The van der Waals surface area contributed by atoms with E-state index in [1.54, 1.807) is 0 Å². The molecule has 2 saturated carbocycles. The van der Waals surface area contributed by atoms with Crippen LogP contribution in [0.2, 0.25) is 0 Å². The van der Waals surface area contributed by atoms with Crippen LogP contribution in [0.15, 0.2) is 0 Å². The monoisotopic (exact) mass is 287 g/mol. The SMILES string of the molecule is CN(C)CCCC1C(O)C(O)CC2(O)CCCCC12O. The van der Waals surface area contributed by atoms with Crippen molar-refractivity contribution in [1.82, 2.24) is 4.90 Å². The van der Waals surface area contributed by atoms with Gasteiger partial charge in [-0.15, -0.1) is 0 Å². The summed E-state index contributed by atoms with van der Waals surface area (Å²) < 4.78 is 0. The van der Waals surface area contributed by atoms with Gasteiger partial charge in [-0.1, -0.05) is 12.8 Å². The number of fused-ring (bicyclic) bond motifs is 1. The normalized spacial score (nSPS) is 45.5. The Kier molecular flexibility index (Phi) is 4.76. The second-order valence-corrected chi connectivity index (χ2v) is 6.98. The van der Waals surface area contributed by atoms with E-state index in [0.29, 0.717) is 19.3 Å². The zero-order valence-corrected chi connectivity index (χ0v) is 12.6. The minimum atomic E-state index is -1.25. The Morgan fingerprint density at radius 3 is 2.40 bits per heavy atom. The molecule has 4 N–H and O–H groups in total. The molecule has 0 aromatic rings. The van der Waals surface area contributed by atoms with Gasteiger partial charge >= 0.3 is 0 Å². The van der Waals surface area contributed by atoms with E-state index in [1.165, 1.54) is 0 Å². The summed E-state index contributed by atoms with van der Waals surface area (Å²) in [4.78, 5) is 2.06. The molecule has 0 aromatic heterocycles. The number of hydrogen-bond donors (Lipinski definition) is 4. The number of rotatable bonds is 4. The van der Waals surface area contributed by atoms with Gasteiger partial charge in [0.1, 0.15) is 0 Å². The summed E-state index contributed by atoms with van der Waals surface area (Å²) in [5.41, 5.74) is -2.50. The predicted octanol–water partition coefficient (Wildman–Crippen LogP) is 0.106. The lowest BCUT2D eigenvalue weighted by Gasteiger charge is -2.57. The fourth-order valence-electron chi connectivity index (χ4n) is 4.12. The third kappa shape index (κ3) is 2.74. The first-order valence-corrected chi connectivity index (χ1v) is 7.76. The van der Waals surface area contributed by atoms with E-state index < -0.39 is 29.3 Å². The molecule has 2 aliphatic rings. The Bertz CT molecular complexity index is 338. The molecule has 20 heavy (non-hydrogen) atoms. The van der Waals surface area contributed by atoms with Gasteiger partial charge in [-0.2, -0.15) is 0 Å². The molecule has 118 valence electrons. The average Bonchev–Trinajstić information content (AvgIpc) is 2.36. The summed E-state index contributed by atoms with van der Waals surface area (Å²) in [6.45, 7) is 0.869. The third-order valence-electron chi connectivity index (χ3n) is 5.29. The zero-order valence-electron chi connectivity index (χ0n) is 12.6. The smallest absolute Gasteiger partial charge is 0.0987 e. The van der Waals surface area contributed by atoms with Crippen LogP contribution in [0.1, 0.15) is 44.9 Å². The molecule has 0 radical (unpaired) electrons. The summed E-state index contributed by atoms with van der Waals surface area (Å²) >= 11 is 0. The van der Waals surface area contributed by atoms with Gasteiger partial charge in [-0.3, -0.25) is 0 Å². The molecule has 2 fully saturated rings. The molecule has 2 aliphatic carbocycles. The van der Waals surface area contributed by atoms with Crippen LogP contribution in [0.3, 0.4) is 0 Å². The Morgan fingerprint density at radius 1 is 1.10 bits per heavy atom. The van der Waals surface area contributed by atoms with Crippen LogP contribution in [0.4, 0.5) is 0 Å². The fraction of sp³-hybridized carbons (Fsp3) is 1.00. The lowest BCUT2D eigenvalue weighted by molar-refractivity contribution is -0.269. The highest BCUT2D eigenvalue weighted by Crippen LogP contribution is 2.51. The summed E-state index contributed by atoms with van der Waals surface area (Å²) in [7, 11) is 3.97. The van der Waals surface area contributed by atoms with Gasteiger partial charge in [0.25, 0.3) is 0 Å². The second-order valence-electron chi connectivity index (χ2n) is 6.98. The molecule has 5 atom stereocenters. The van der Waals surface area contributed by atoms with Crippen LogP contribution >= 0.6 is 0 Å². The van der Waals surface area contributed by atoms with Gasteiger partial charge in [0.2, 0.25) is 0 Å². The minimum Gasteiger partial charge on any atom is -0.390 e. The van der Waals surface area contributed by atoms with E-state index in [0.717, 1.165) is 25.8 Å². The van der Waals surface area contributed by atoms with Gasteiger partial charge in [0.15, 0.2) is 0 Å². The number of nitrogens with zero attached hydrogens (tertiary/aromatic N) is 1. The van der Waals surface area contributed by atoms with Crippen molar-refractivity contribution < 1.29 is 20.4 Å². The second kappa shape index (κ2) is 5.89. The van der Waals surface area contributed by atoms with Crippen LogP contribution in [0, 0.1) is 5.92 Å². The first kappa shape index (κ1) is 16.2. The van der Waals surface area contributed by atoms with Crippen molar-refractivity contribution in [1.29, 1.82) is 0 Å². The van der Waals surface area contributed by atoms with Crippen molar-refractivity contribution in [3.63, 3.8) is 0 Å². The van der Waals surface area contributed by atoms with Crippen molar-refractivity contribution in [2.45, 2.75) is 68.4 Å². The van der Waals surface area contributed by atoms with Gasteiger partial charge in [-0.25, -0.2) is 0 Å². The Morgan fingerprint density at radius 2 is 1.75 bits per heavy atom. The van der Waals surface area contributed by atoms with Gasteiger partial charge < -0.3 is 25.3 Å². The standard InChI is InChI=1S/C15H29NO4/c1-16(2)9-5-6-11-13(18)12(17)10-14(19)7-3-4-8-15(11,14)20/h11-13,17-20H,3-10H2,1-2H3. The molecular weight excluding hydrogens is 258 g/mol. The maximum absolute atomic E-state index is 11.0. The highest BCUT2D eigenvalue weighted by atomic mass is 16.4. The first-order chi connectivity index (χ1) is 9.30. The van der Waals surface area contributed by atoms with E-state index in [4.69, 9.17) is 0 Å². The largest absolute Gasteiger partial charge is 0.390 e. The minimum absolute atomic E-state index is 0.0782. The van der Waals surface area contributed by atoms with Gasteiger partial charge in [0, 0.05) is 12.3 Å². The maximum atomic E-state index is 11.0. The van der Waals surface area contributed by atoms with Crippen molar-refractivity contribution in [2.75, 3.05) is 20.6 Å². The summed E-state index contributed by atoms with van der Waals surface area (Å²) in [6.07, 6.45) is 2.40. The molecule has 0 amide bonds. The lowest BCUT2D eigenvalue weighted by Crippen LogP contribution is -2.69. The van der Waals surface area contributed by atoms with Crippen LogP contribution in [0.5, 0.6) is 0 Å². The molecule has 5 unspecified atom stereocenters. The molecular formula is C15H29NO4. The molecule has 0 bridgehead atoms. The highest BCUT2D eigenvalue weighted by Gasteiger charge is 2.61. The van der Waals surface area contributed by atoms with Gasteiger partial charge in [-0.05, 0) is 46.3 Å². The highest BCUT2D eigenvalue weighted by molar-refractivity contribution is 5.13. The summed E-state index contributed by atoms with van der Waals surface area (Å²) in [6, 6.07) is 0. The Balaban J connectivity index is 2.16. The predicted molar refractivity (Wildman–Crippen MR) is 76.3 cm³/mol. The molecule has 0 saturated heterocycles. The van der Waals surface area contributed by atoms with E-state index in [9.17, 15) is 20.4 Å². The zero-order chi connectivity index (χ0) is 15.0. The maximum Gasteiger partial charge on any atom is 0.0987 e. The molecule has 0 heterocycles. The van der Waals surface area contributed by atoms with Crippen molar-refractivity contribution in [3.05, 3.63) is 0 Å². The first-order valence-electron chi connectivity index (χ1n) is 7.76. The van der Waals surface area contributed by atoms with Crippen LogP contribution in [-0.2, 0) is 0 Å². The van der Waals surface area contributed by atoms with E-state index in [2.05, 4.69) is 4.90 Å². The van der Waals surface area contributed by atoms with Crippen molar-refractivity contribution in [2.24, 2.45) is 5.92 Å². The molecule has 5 heteroatoms. The van der Waals surface area contributed by atoms with Crippen molar-refractivity contribution in [3.8, 4) is 0 Å². The summed E-state index contributed by atoms with van der Waals surface area (Å²) in [5, 5.41) is 42.1. The number of hydrogen-bond acceptors (Lipinski definition) is 5. The topological polar surface area (TPSA) is 84.2 Å². The van der Waals surface area contributed by atoms with E-state index in [-0.39, 0.29) is 6.42 Å². The van der Waals surface area contributed by atoms with Crippen molar-refractivity contribution >= 4 is 0 Å². The fourth-order valence-corrected chi connectivity index (χ4v) is 4.12. The third-order valence-corrected chi connectivity index (χ3v) is 5.29.